The molecule has 0 bridgehead atoms. The molecule has 0 saturated heterocycles. The van der Waals surface area contributed by atoms with Gasteiger partial charge in [-0.1, -0.05) is 0 Å². The molecule has 6 heteroatoms. The fourth-order valence-electron chi connectivity index (χ4n) is 2.04. The molecule has 2 rings (SSSR count). The Hall–Kier alpha value is -2.63. The van der Waals surface area contributed by atoms with Crippen LogP contribution in [0.15, 0.2) is 30.3 Å². The fourth-order valence-corrected chi connectivity index (χ4v) is 2.04. The molecule has 0 aliphatic heterocycles. The minimum absolute atomic E-state index is 0.0992. The van der Waals surface area contributed by atoms with Gasteiger partial charge in [0.25, 0.3) is 5.69 Å². The zero-order valence-corrected chi connectivity index (χ0v) is 10.5. The standard InChI is InChI=1S/C13H12N2O4/c1-8-3-4-9(2)14(8)11-6-5-10(13(16)17)7-12(11)15(18)19/h3-7H,1-2H3,(H,16,17). The molecule has 0 fully saturated rings. The lowest BCUT2D eigenvalue weighted by Gasteiger charge is -2.10. The Kier molecular flexibility index (Phi) is 3.08. The average Bonchev–Trinajstić information content (AvgIpc) is 2.68. The summed E-state index contributed by atoms with van der Waals surface area (Å²) in [7, 11) is 0. The third-order valence-electron chi connectivity index (χ3n) is 2.93. The number of nitro benzene ring substituents is 1. The summed E-state index contributed by atoms with van der Waals surface area (Å²) in [5.74, 6) is -1.18. The third-order valence-corrected chi connectivity index (χ3v) is 2.93. The monoisotopic (exact) mass is 260 g/mol. The zero-order valence-electron chi connectivity index (χ0n) is 10.5. The second kappa shape index (κ2) is 4.56. The van der Waals surface area contributed by atoms with Gasteiger partial charge in [0.15, 0.2) is 0 Å². The number of rotatable bonds is 3. The first kappa shape index (κ1) is 12.8. The first-order valence-corrected chi connectivity index (χ1v) is 5.59. The van der Waals surface area contributed by atoms with Crippen molar-refractivity contribution in [2.24, 2.45) is 0 Å². The van der Waals surface area contributed by atoms with Crippen molar-refractivity contribution in [2.75, 3.05) is 0 Å². The van der Waals surface area contributed by atoms with Crippen LogP contribution in [0, 0.1) is 24.0 Å². The third kappa shape index (κ3) is 2.20. The molecule has 1 N–H and O–H groups in total. The van der Waals surface area contributed by atoms with Crippen molar-refractivity contribution in [2.45, 2.75) is 13.8 Å². The Morgan fingerprint density at radius 1 is 1.21 bits per heavy atom. The van der Waals surface area contributed by atoms with E-state index in [1.54, 1.807) is 4.57 Å². The molecule has 0 atom stereocenters. The molecule has 0 unspecified atom stereocenters. The first-order valence-electron chi connectivity index (χ1n) is 5.59. The number of carboxylic acids is 1. The van der Waals surface area contributed by atoms with Crippen LogP contribution in [0.3, 0.4) is 0 Å². The topological polar surface area (TPSA) is 85.4 Å². The molecule has 6 nitrogen and oxygen atoms in total. The van der Waals surface area contributed by atoms with Crippen molar-refractivity contribution in [1.82, 2.24) is 4.57 Å². The minimum atomic E-state index is -1.18. The Morgan fingerprint density at radius 2 is 1.79 bits per heavy atom. The first-order chi connectivity index (χ1) is 8.91. The lowest BCUT2D eigenvalue weighted by Crippen LogP contribution is -2.05. The van der Waals surface area contributed by atoms with E-state index in [2.05, 4.69) is 0 Å². The van der Waals surface area contributed by atoms with Crippen LogP contribution < -0.4 is 0 Å². The molecule has 0 radical (unpaired) electrons. The number of carbonyl (C=O) groups is 1. The Labute approximate surface area is 109 Å². The van der Waals surface area contributed by atoms with Gasteiger partial charge in [-0.15, -0.1) is 0 Å². The molecule has 19 heavy (non-hydrogen) atoms. The molecule has 1 aromatic carbocycles. The van der Waals surface area contributed by atoms with E-state index in [0.29, 0.717) is 5.69 Å². The number of hydrogen-bond donors (Lipinski definition) is 1. The van der Waals surface area contributed by atoms with Gasteiger partial charge >= 0.3 is 5.97 Å². The maximum absolute atomic E-state index is 11.1. The van der Waals surface area contributed by atoms with Crippen LogP contribution in [0.2, 0.25) is 0 Å². The molecule has 0 saturated carbocycles. The summed E-state index contributed by atoms with van der Waals surface area (Å²) in [4.78, 5) is 21.4. The van der Waals surface area contributed by atoms with Crippen LogP contribution in [0.5, 0.6) is 0 Å². The highest BCUT2D eigenvalue weighted by Crippen LogP contribution is 2.27. The van der Waals surface area contributed by atoms with Crippen LogP contribution in [0.1, 0.15) is 21.7 Å². The van der Waals surface area contributed by atoms with E-state index >= 15 is 0 Å². The number of nitrogens with zero attached hydrogens (tertiary/aromatic N) is 2. The maximum Gasteiger partial charge on any atom is 0.335 e. The lowest BCUT2D eigenvalue weighted by atomic mass is 10.1. The van der Waals surface area contributed by atoms with Crippen LogP contribution in [0.25, 0.3) is 5.69 Å². The molecule has 1 heterocycles. The highest BCUT2D eigenvalue weighted by atomic mass is 16.6. The maximum atomic E-state index is 11.1. The minimum Gasteiger partial charge on any atom is -0.478 e. The number of carboxylic acid groups (broad SMARTS) is 1. The number of benzene rings is 1. The number of aryl methyl sites for hydroxylation is 2. The van der Waals surface area contributed by atoms with Crippen LogP contribution in [-0.4, -0.2) is 20.6 Å². The SMILES string of the molecule is Cc1ccc(C)n1-c1ccc(C(=O)O)cc1[N+](=O)[O-]. The fraction of sp³-hybridized carbons (Fsp3) is 0.154. The van der Waals surface area contributed by atoms with Gasteiger partial charge < -0.3 is 9.67 Å². The molecule has 0 spiro atoms. The smallest absolute Gasteiger partial charge is 0.335 e. The van der Waals surface area contributed by atoms with Crippen molar-refractivity contribution in [3.8, 4) is 5.69 Å². The Bertz CT molecular complexity index is 654. The summed E-state index contributed by atoms with van der Waals surface area (Å²) in [5.41, 5.74) is 1.75. The van der Waals surface area contributed by atoms with E-state index in [4.69, 9.17) is 5.11 Å². The van der Waals surface area contributed by atoms with Crippen LogP contribution >= 0.6 is 0 Å². The molecule has 0 aliphatic rings. The number of nitro groups is 1. The Morgan fingerprint density at radius 3 is 2.26 bits per heavy atom. The van der Waals surface area contributed by atoms with Crippen molar-refractivity contribution < 1.29 is 14.8 Å². The normalized spacial score (nSPS) is 10.4. The van der Waals surface area contributed by atoms with E-state index in [-0.39, 0.29) is 11.3 Å². The second-order valence-electron chi connectivity index (χ2n) is 4.22. The number of aromatic nitrogens is 1. The predicted molar refractivity (Wildman–Crippen MR) is 68.9 cm³/mol. The van der Waals surface area contributed by atoms with Gasteiger partial charge in [0.05, 0.1) is 10.5 Å². The average molecular weight is 260 g/mol. The highest BCUT2D eigenvalue weighted by molar-refractivity contribution is 5.89. The highest BCUT2D eigenvalue weighted by Gasteiger charge is 2.20. The molecule has 0 amide bonds. The van der Waals surface area contributed by atoms with Crippen LogP contribution in [0.4, 0.5) is 5.69 Å². The summed E-state index contributed by atoms with van der Waals surface area (Å²) in [5, 5.41) is 20.0. The molecule has 0 aliphatic carbocycles. The molecular formula is C13H12N2O4. The van der Waals surface area contributed by atoms with Crippen molar-refractivity contribution in [1.29, 1.82) is 0 Å². The van der Waals surface area contributed by atoms with Gasteiger partial charge in [0.1, 0.15) is 5.69 Å². The van der Waals surface area contributed by atoms with Crippen molar-refractivity contribution in [3.63, 3.8) is 0 Å². The van der Waals surface area contributed by atoms with Crippen molar-refractivity contribution in [3.05, 3.63) is 57.4 Å². The summed E-state index contributed by atoms with van der Waals surface area (Å²) in [6.45, 7) is 3.67. The summed E-state index contributed by atoms with van der Waals surface area (Å²) >= 11 is 0. The lowest BCUT2D eigenvalue weighted by molar-refractivity contribution is -0.384. The predicted octanol–water partition coefficient (Wildman–Crippen LogP) is 2.70. The zero-order chi connectivity index (χ0) is 14.2. The molecule has 1 aromatic heterocycles. The van der Waals surface area contributed by atoms with Gasteiger partial charge in [-0.25, -0.2) is 4.79 Å². The van der Waals surface area contributed by atoms with Crippen LogP contribution in [-0.2, 0) is 0 Å². The van der Waals surface area contributed by atoms with Gasteiger partial charge in [0, 0.05) is 17.5 Å². The molecule has 98 valence electrons. The number of hydrogen-bond acceptors (Lipinski definition) is 3. The summed E-state index contributed by atoms with van der Waals surface area (Å²) in [6, 6.07) is 7.61. The van der Waals surface area contributed by atoms with Gasteiger partial charge in [0.2, 0.25) is 0 Å². The number of aromatic carboxylic acids is 1. The van der Waals surface area contributed by atoms with Crippen molar-refractivity contribution >= 4 is 11.7 Å². The van der Waals surface area contributed by atoms with Gasteiger partial charge in [-0.3, -0.25) is 10.1 Å². The summed E-state index contributed by atoms with van der Waals surface area (Å²) in [6.07, 6.45) is 0. The van der Waals surface area contributed by atoms with Gasteiger partial charge in [-0.05, 0) is 38.1 Å². The second-order valence-corrected chi connectivity index (χ2v) is 4.22. The van der Waals surface area contributed by atoms with E-state index in [9.17, 15) is 14.9 Å². The van der Waals surface area contributed by atoms with E-state index in [1.165, 1.54) is 12.1 Å². The van der Waals surface area contributed by atoms with E-state index < -0.39 is 10.9 Å². The van der Waals surface area contributed by atoms with Gasteiger partial charge in [-0.2, -0.15) is 0 Å². The summed E-state index contributed by atoms with van der Waals surface area (Å²) < 4.78 is 1.73. The molecular weight excluding hydrogens is 248 g/mol. The largest absolute Gasteiger partial charge is 0.478 e. The van der Waals surface area contributed by atoms with E-state index in [1.807, 2.05) is 26.0 Å². The Balaban J connectivity index is 2.71. The molecule has 2 aromatic rings. The quantitative estimate of drug-likeness (QED) is 0.679. The van der Waals surface area contributed by atoms with E-state index in [0.717, 1.165) is 17.5 Å².